The van der Waals surface area contributed by atoms with Crippen LogP contribution in [0, 0.1) is 0 Å². The smallest absolute Gasteiger partial charge is 0.126 e. The van der Waals surface area contributed by atoms with E-state index >= 15 is 0 Å². The summed E-state index contributed by atoms with van der Waals surface area (Å²) in [7, 11) is 0. The van der Waals surface area contributed by atoms with Crippen LogP contribution in [0.1, 0.15) is 11.1 Å². The van der Waals surface area contributed by atoms with Crippen LogP contribution in [0.25, 0.3) is 6.08 Å². The maximum absolute atomic E-state index is 9.62. The first kappa shape index (κ1) is 12.0. The first-order valence-corrected chi connectivity index (χ1v) is 5.62. The van der Waals surface area contributed by atoms with Crippen molar-refractivity contribution in [3.05, 3.63) is 59.7 Å². The van der Waals surface area contributed by atoms with Gasteiger partial charge in [0.25, 0.3) is 0 Å². The zero-order chi connectivity index (χ0) is 13.0. The molecule has 2 aromatic rings. The van der Waals surface area contributed by atoms with Gasteiger partial charge in [-0.05, 0) is 12.0 Å². The molecule has 2 rings (SSSR count). The second-order valence-corrected chi connectivity index (χ2v) is 3.98. The third-order valence-electron chi connectivity index (χ3n) is 2.62. The number of hydrogen-bond acceptors (Lipinski definition) is 3. The molecule has 0 bridgehead atoms. The number of hydrogen-bond donors (Lipinski definition) is 3. The second-order valence-electron chi connectivity index (χ2n) is 3.98. The molecule has 0 heterocycles. The third kappa shape index (κ3) is 2.83. The molecule has 18 heavy (non-hydrogen) atoms. The summed E-state index contributed by atoms with van der Waals surface area (Å²) in [6.45, 7) is 0. The largest absolute Gasteiger partial charge is 0.508 e. The fourth-order valence-electron chi connectivity index (χ4n) is 1.71. The van der Waals surface area contributed by atoms with Gasteiger partial charge in [0, 0.05) is 17.7 Å². The summed E-state index contributed by atoms with van der Waals surface area (Å²) in [5, 5.41) is 28.4. The highest BCUT2D eigenvalue weighted by Gasteiger charge is 2.07. The lowest BCUT2D eigenvalue weighted by molar-refractivity contribution is 0.421. The summed E-state index contributed by atoms with van der Waals surface area (Å²) in [6.07, 6.45) is 4.15. The Balaban J connectivity index is 2.14. The van der Waals surface area contributed by atoms with E-state index in [1.54, 1.807) is 0 Å². The van der Waals surface area contributed by atoms with Crippen molar-refractivity contribution in [2.24, 2.45) is 0 Å². The zero-order valence-corrected chi connectivity index (χ0v) is 9.74. The first-order valence-electron chi connectivity index (χ1n) is 5.62. The van der Waals surface area contributed by atoms with Gasteiger partial charge in [0.2, 0.25) is 0 Å². The molecule has 0 aliphatic carbocycles. The fourth-order valence-corrected chi connectivity index (χ4v) is 1.71. The fraction of sp³-hybridized carbons (Fsp3) is 0.0667. The van der Waals surface area contributed by atoms with Gasteiger partial charge in [-0.15, -0.1) is 0 Å². The van der Waals surface area contributed by atoms with Crippen molar-refractivity contribution in [3.63, 3.8) is 0 Å². The Labute approximate surface area is 105 Å². The van der Waals surface area contributed by atoms with Gasteiger partial charge in [-0.2, -0.15) is 0 Å². The van der Waals surface area contributed by atoms with E-state index in [1.165, 1.54) is 12.1 Å². The van der Waals surface area contributed by atoms with Crippen LogP contribution < -0.4 is 0 Å². The molecule has 0 aliphatic heterocycles. The van der Waals surface area contributed by atoms with E-state index in [9.17, 15) is 15.3 Å². The van der Waals surface area contributed by atoms with Gasteiger partial charge in [0.1, 0.15) is 17.2 Å². The molecule has 0 aromatic heterocycles. The molecule has 0 atom stereocenters. The predicted octanol–water partition coefficient (Wildman–Crippen LogP) is 3.06. The number of allylic oxidation sites excluding steroid dienone is 1. The average Bonchev–Trinajstić information content (AvgIpc) is 2.34. The Kier molecular flexibility index (Phi) is 3.53. The zero-order valence-electron chi connectivity index (χ0n) is 9.74. The van der Waals surface area contributed by atoms with Crippen molar-refractivity contribution >= 4 is 6.08 Å². The van der Waals surface area contributed by atoms with Gasteiger partial charge in [0.15, 0.2) is 0 Å². The van der Waals surface area contributed by atoms with Crippen molar-refractivity contribution in [2.45, 2.75) is 6.42 Å². The molecular weight excluding hydrogens is 228 g/mol. The normalized spacial score (nSPS) is 10.9. The first-order chi connectivity index (χ1) is 8.66. The Morgan fingerprint density at radius 2 is 1.50 bits per heavy atom. The topological polar surface area (TPSA) is 60.7 Å². The number of phenols is 3. The summed E-state index contributed by atoms with van der Waals surface area (Å²) < 4.78 is 0. The van der Waals surface area contributed by atoms with Gasteiger partial charge < -0.3 is 15.3 Å². The summed E-state index contributed by atoms with van der Waals surface area (Å²) in [6, 6.07) is 12.2. The van der Waals surface area contributed by atoms with E-state index in [1.807, 2.05) is 42.5 Å². The van der Waals surface area contributed by atoms with E-state index in [0.29, 0.717) is 12.0 Å². The summed E-state index contributed by atoms with van der Waals surface area (Å²) in [5.74, 6) is -0.365. The van der Waals surface area contributed by atoms with Crippen molar-refractivity contribution < 1.29 is 15.3 Å². The quantitative estimate of drug-likeness (QED) is 0.775. The lowest BCUT2D eigenvalue weighted by atomic mass is 10.1. The monoisotopic (exact) mass is 242 g/mol. The van der Waals surface area contributed by atoms with E-state index in [-0.39, 0.29) is 17.2 Å². The van der Waals surface area contributed by atoms with E-state index in [4.69, 9.17) is 0 Å². The summed E-state index contributed by atoms with van der Waals surface area (Å²) in [4.78, 5) is 0. The molecule has 0 unspecified atom stereocenters. The summed E-state index contributed by atoms with van der Waals surface area (Å²) >= 11 is 0. The number of benzene rings is 2. The Bertz CT molecular complexity index is 536. The highest BCUT2D eigenvalue weighted by atomic mass is 16.3. The third-order valence-corrected chi connectivity index (χ3v) is 2.62. The molecule has 0 saturated heterocycles. The van der Waals surface area contributed by atoms with Gasteiger partial charge in [0.05, 0.1) is 0 Å². The molecule has 0 amide bonds. The number of phenolic OH excluding ortho intramolecular Hbond substituents is 3. The molecule has 3 nitrogen and oxygen atoms in total. The van der Waals surface area contributed by atoms with Crippen molar-refractivity contribution in [3.8, 4) is 17.2 Å². The van der Waals surface area contributed by atoms with Crippen LogP contribution in [-0.2, 0) is 6.42 Å². The van der Waals surface area contributed by atoms with Crippen LogP contribution in [0.3, 0.4) is 0 Å². The molecule has 0 saturated carbocycles. The molecule has 0 fully saturated rings. The minimum atomic E-state index is -0.152. The lowest BCUT2D eigenvalue weighted by Crippen LogP contribution is -1.84. The molecule has 3 N–H and O–H groups in total. The molecule has 3 heteroatoms. The molecule has 92 valence electrons. The highest BCUT2D eigenvalue weighted by Crippen LogP contribution is 2.32. The van der Waals surface area contributed by atoms with E-state index in [2.05, 4.69) is 0 Å². The van der Waals surface area contributed by atoms with Crippen molar-refractivity contribution in [1.29, 1.82) is 0 Å². The van der Waals surface area contributed by atoms with Crippen LogP contribution in [0.4, 0.5) is 0 Å². The minimum Gasteiger partial charge on any atom is -0.508 e. The standard InChI is InChI=1S/C15H14O3/c16-12-9-14(17)13(15(18)10-12)8-4-7-11-5-2-1-3-6-11/h1-7,9-10,16-18H,8H2. The Hall–Kier alpha value is -2.42. The summed E-state index contributed by atoms with van der Waals surface area (Å²) in [5.41, 5.74) is 1.45. The Morgan fingerprint density at radius 1 is 0.889 bits per heavy atom. The van der Waals surface area contributed by atoms with Crippen LogP contribution in [0.2, 0.25) is 0 Å². The molecular formula is C15H14O3. The minimum absolute atomic E-state index is 0.106. The van der Waals surface area contributed by atoms with Gasteiger partial charge in [-0.3, -0.25) is 0 Å². The molecule has 2 aromatic carbocycles. The highest BCUT2D eigenvalue weighted by molar-refractivity contribution is 5.53. The van der Waals surface area contributed by atoms with Crippen LogP contribution in [0.15, 0.2) is 48.5 Å². The lowest BCUT2D eigenvalue weighted by Gasteiger charge is -2.05. The molecule has 0 spiro atoms. The van der Waals surface area contributed by atoms with Crippen LogP contribution in [-0.4, -0.2) is 15.3 Å². The van der Waals surface area contributed by atoms with Crippen LogP contribution in [0.5, 0.6) is 17.2 Å². The average molecular weight is 242 g/mol. The maximum Gasteiger partial charge on any atom is 0.126 e. The van der Waals surface area contributed by atoms with E-state index < -0.39 is 0 Å². The SMILES string of the molecule is Oc1cc(O)c(CC=Cc2ccccc2)c(O)c1. The van der Waals surface area contributed by atoms with Crippen molar-refractivity contribution in [2.75, 3.05) is 0 Å². The number of rotatable bonds is 3. The van der Waals surface area contributed by atoms with E-state index in [0.717, 1.165) is 5.56 Å². The van der Waals surface area contributed by atoms with Crippen molar-refractivity contribution in [1.82, 2.24) is 0 Å². The molecule has 0 radical (unpaired) electrons. The Morgan fingerprint density at radius 3 is 2.11 bits per heavy atom. The van der Waals surface area contributed by atoms with Gasteiger partial charge >= 0.3 is 0 Å². The number of aromatic hydroxyl groups is 3. The van der Waals surface area contributed by atoms with Gasteiger partial charge in [-0.1, -0.05) is 42.5 Å². The predicted molar refractivity (Wildman–Crippen MR) is 70.6 cm³/mol. The second kappa shape index (κ2) is 5.27. The van der Waals surface area contributed by atoms with Gasteiger partial charge in [-0.25, -0.2) is 0 Å². The van der Waals surface area contributed by atoms with Crippen LogP contribution >= 0.6 is 0 Å². The maximum atomic E-state index is 9.62. The molecule has 0 aliphatic rings.